The summed E-state index contributed by atoms with van der Waals surface area (Å²) in [4.78, 5) is 9.15. The summed E-state index contributed by atoms with van der Waals surface area (Å²) in [6, 6.07) is 57.6. The molecule has 75 heavy (non-hydrogen) atoms. The molecule has 5 nitrogen and oxygen atoms in total. The number of ether oxygens (including phenoxy) is 1. The number of hydrogen-bond donors (Lipinski definition) is 0. The molecule has 0 amide bonds. The second kappa shape index (κ2) is 19.5. The Hall–Kier alpha value is -7.20. The van der Waals surface area contributed by atoms with Crippen molar-refractivity contribution < 1.29 is 32.7 Å². The second-order valence-electron chi connectivity index (χ2n) is 23.1. The van der Waals surface area contributed by atoms with Crippen LogP contribution in [0.1, 0.15) is 111 Å². The van der Waals surface area contributed by atoms with E-state index >= 15 is 0 Å². The molecule has 0 unspecified atom stereocenters. The van der Waals surface area contributed by atoms with Crippen LogP contribution in [0.4, 0.5) is 22.7 Å². The molecule has 0 spiro atoms. The molecule has 0 saturated carbocycles. The normalized spacial score (nSPS) is 14.0. The van der Waals surface area contributed by atoms with Crippen LogP contribution < -0.4 is 14.5 Å². The van der Waals surface area contributed by atoms with Crippen LogP contribution in [0, 0.1) is 18.8 Å². The van der Waals surface area contributed by atoms with Crippen LogP contribution in [0.15, 0.2) is 188 Å². The minimum absolute atomic E-state index is 0. The summed E-state index contributed by atoms with van der Waals surface area (Å²) < 4.78 is 53.6. The van der Waals surface area contributed by atoms with Gasteiger partial charge >= 0.3 is 0 Å². The van der Waals surface area contributed by atoms with E-state index in [1.54, 1.807) is 0 Å². The molecular formula is C69H65N4OPt-3. The number of benzene rings is 8. The molecule has 0 N–H and O–H groups in total. The summed E-state index contributed by atoms with van der Waals surface area (Å²) in [6.45, 7) is 26.5. The van der Waals surface area contributed by atoms with Gasteiger partial charge in [-0.05, 0) is 90.9 Å². The Balaban J connectivity index is 0.00000720. The second-order valence-corrected chi connectivity index (χ2v) is 23.1. The summed E-state index contributed by atoms with van der Waals surface area (Å²) >= 11 is 0. The molecule has 11 rings (SSSR count). The van der Waals surface area contributed by atoms with Gasteiger partial charge in [0.05, 0.1) is 6.85 Å². The van der Waals surface area contributed by atoms with Gasteiger partial charge < -0.3 is 19.1 Å². The van der Waals surface area contributed by atoms with Gasteiger partial charge in [0.1, 0.15) is 5.82 Å². The van der Waals surface area contributed by atoms with E-state index in [1.807, 2.05) is 79.6 Å². The molecule has 0 bridgehead atoms. The maximum Gasteiger partial charge on any atom is 0.135 e. The summed E-state index contributed by atoms with van der Waals surface area (Å²) in [5.41, 5.74) is 12.5. The SMILES string of the molecule is [2H]c1c([2H])c([2H])c(-c2cccc(-c3cc(C(C)(C)C)cc(C(C)(C)C)c3)c2N2[CH-]N(c3[c-]c(Oc4[c-]c5c(cc4)c4cc(C(C)(C)C)ccc4n5-c4cc(C(C)(C)c5ccccc5)ccn4)ccc3)c3ccccc32)c([2H])c1[2H].[Pt]. The molecule has 6 heteroatoms. The first-order valence-electron chi connectivity index (χ1n) is 28.0. The Bertz CT molecular complexity index is 3980. The number of rotatable bonds is 9. The van der Waals surface area contributed by atoms with Gasteiger partial charge in [-0.1, -0.05) is 203 Å². The van der Waals surface area contributed by atoms with Crippen molar-refractivity contribution in [3.63, 3.8) is 0 Å². The van der Waals surface area contributed by atoms with Crippen molar-refractivity contribution in [2.75, 3.05) is 9.80 Å². The third kappa shape index (κ3) is 9.73. The van der Waals surface area contributed by atoms with E-state index in [0.717, 1.165) is 66.8 Å². The minimum atomic E-state index is -0.439. The molecule has 10 aromatic rings. The first-order valence-corrected chi connectivity index (χ1v) is 25.5. The zero-order valence-electron chi connectivity index (χ0n) is 49.6. The molecule has 8 aromatic carbocycles. The van der Waals surface area contributed by atoms with E-state index in [-0.39, 0.29) is 60.4 Å². The van der Waals surface area contributed by atoms with Gasteiger partial charge in [-0.25, -0.2) is 4.98 Å². The predicted octanol–water partition coefficient (Wildman–Crippen LogP) is 18.5. The topological polar surface area (TPSA) is 33.5 Å². The van der Waals surface area contributed by atoms with Crippen LogP contribution >= 0.6 is 0 Å². The summed E-state index contributed by atoms with van der Waals surface area (Å²) in [5, 5.41) is 2.14. The van der Waals surface area contributed by atoms with E-state index < -0.39 is 18.1 Å². The Morgan fingerprint density at radius 1 is 0.507 bits per heavy atom. The van der Waals surface area contributed by atoms with Crippen molar-refractivity contribution >= 4 is 44.6 Å². The van der Waals surface area contributed by atoms with Gasteiger partial charge in [0, 0.05) is 77.9 Å². The predicted molar refractivity (Wildman–Crippen MR) is 310 cm³/mol. The van der Waals surface area contributed by atoms with E-state index in [9.17, 15) is 2.74 Å². The molecule has 0 radical (unpaired) electrons. The molecule has 2 aromatic heterocycles. The molecule has 3 heterocycles. The number of fused-ring (bicyclic) bond motifs is 4. The Morgan fingerprint density at radius 3 is 1.81 bits per heavy atom. The van der Waals surface area contributed by atoms with Gasteiger partial charge in [0.2, 0.25) is 0 Å². The Kier molecular flexibility index (Phi) is 11.8. The average molecular weight is 1170 g/mol. The van der Waals surface area contributed by atoms with Crippen molar-refractivity contribution in [1.82, 2.24) is 9.55 Å². The maximum atomic E-state index is 9.26. The molecule has 0 aliphatic carbocycles. The van der Waals surface area contributed by atoms with Gasteiger partial charge in [0.25, 0.3) is 0 Å². The standard InChI is InChI=1S/C69H65N4O.Pt/c1-66(2,3)49-32-35-60-59(41-49)58-34-33-55(44-63(58)73(60)64-42-50(36-37-70-64)69(10,11)48-24-16-13-17-25-48)74-54-27-20-26-53(43-54)71-45-72(62-31-19-18-30-61(62)71)65-56(46-22-14-12-15-23-46)28-21-29-57(65)47-38-51(67(4,5)6)40-52(39-47)68(7,8)9;/h12-42,45H,1-11H3;/q-3;/i12D,14D,15D,22D,23D;. The zero-order chi connectivity index (χ0) is 56.1. The van der Waals surface area contributed by atoms with E-state index in [2.05, 4.69) is 188 Å². The van der Waals surface area contributed by atoms with Crippen molar-refractivity contribution in [2.45, 2.75) is 97.8 Å². The fourth-order valence-electron chi connectivity index (χ4n) is 10.1. The van der Waals surface area contributed by atoms with E-state index in [4.69, 9.17) is 13.8 Å². The minimum Gasteiger partial charge on any atom is -0.509 e. The average Bonchev–Trinajstić information content (AvgIpc) is 4.20. The van der Waals surface area contributed by atoms with Crippen LogP contribution in [-0.2, 0) is 42.7 Å². The molecular weight excluding hydrogens is 1100 g/mol. The fraction of sp³-hybridized carbons (Fsp3) is 0.217. The number of nitrogens with zero attached hydrogens (tertiary/aromatic N) is 4. The number of hydrogen-bond acceptors (Lipinski definition) is 4. The van der Waals surface area contributed by atoms with Gasteiger partial charge in [-0.15, -0.1) is 48.1 Å². The molecule has 1 aliphatic rings. The fourth-order valence-corrected chi connectivity index (χ4v) is 10.1. The van der Waals surface area contributed by atoms with Crippen LogP contribution in [0.5, 0.6) is 11.5 Å². The van der Waals surface area contributed by atoms with Crippen LogP contribution in [0.25, 0.3) is 49.9 Å². The molecule has 0 saturated heterocycles. The van der Waals surface area contributed by atoms with Crippen molar-refractivity contribution in [3.8, 4) is 39.6 Å². The van der Waals surface area contributed by atoms with E-state index in [1.165, 1.54) is 11.1 Å². The Labute approximate surface area is 466 Å². The van der Waals surface area contributed by atoms with Crippen molar-refractivity contribution in [2.24, 2.45) is 0 Å². The largest absolute Gasteiger partial charge is 0.509 e. The van der Waals surface area contributed by atoms with Crippen molar-refractivity contribution in [3.05, 3.63) is 235 Å². The maximum absolute atomic E-state index is 9.26. The quantitative estimate of drug-likeness (QED) is 0.135. The van der Waals surface area contributed by atoms with Gasteiger partial charge in [0.15, 0.2) is 0 Å². The smallest absolute Gasteiger partial charge is 0.135 e. The molecule has 1 aliphatic heterocycles. The first kappa shape index (κ1) is 45.2. The van der Waals surface area contributed by atoms with E-state index in [0.29, 0.717) is 28.4 Å². The third-order valence-electron chi connectivity index (χ3n) is 14.6. The number of pyridine rings is 1. The number of anilines is 4. The monoisotopic (exact) mass is 1170 g/mol. The molecule has 0 fully saturated rings. The van der Waals surface area contributed by atoms with Gasteiger partial charge in [-0.3, -0.25) is 0 Å². The third-order valence-corrected chi connectivity index (χ3v) is 14.6. The summed E-state index contributed by atoms with van der Waals surface area (Å²) in [5.74, 6) is 1.78. The molecule has 0 atom stereocenters. The Morgan fingerprint density at radius 2 is 1.13 bits per heavy atom. The van der Waals surface area contributed by atoms with Crippen LogP contribution in [0.3, 0.4) is 0 Å². The summed E-state index contributed by atoms with van der Waals surface area (Å²) in [6.07, 6.45) is 1.90. The zero-order valence-corrected chi connectivity index (χ0v) is 46.9. The van der Waals surface area contributed by atoms with Crippen molar-refractivity contribution in [1.29, 1.82) is 0 Å². The number of para-hydroxylation sites is 3. The first-order chi connectivity index (χ1) is 37.4. The molecule has 380 valence electrons. The van der Waals surface area contributed by atoms with Gasteiger partial charge in [-0.2, -0.15) is 12.1 Å². The number of aromatic nitrogens is 2. The van der Waals surface area contributed by atoms with Crippen LogP contribution in [-0.4, -0.2) is 9.55 Å². The summed E-state index contributed by atoms with van der Waals surface area (Å²) in [7, 11) is 0. The van der Waals surface area contributed by atoms with Crippen LogP contribution in [0.2, 0.25) is 0 Å².